The highest BCUT2D eigenvalue weighted by atomic mass is 15.3. The maximum Gasteiger partial charge on any atom is 0.0955 e. The van der Waals surface area contributed by atoms with Crippen LogP contribution in [0.25, 0.3) is 0 Å². The first kappa shape index (κ1) is 9.00. The molecular formula is C10H19N3. The fraction of sp³-hybridized carbons (Fsp3) is 0.900. The second kappa shape index (κ2) is 3.66. The number of nitrogens with one attached hydrogen (secondary N) is 1. The van der Waals surface area contributed by atoms with Crippen LogP contribution in [0.15, 0.2) is 0 Å². The van der Waals surface area contributed by atoms with Crippen molar-refractivity contribution in [2.75, 3.05) is 26.2 Å². The number of rotatable bonds is 1. The zero-order chi connectivity index (χ0) is 9.26. The second-order valence-corrected chi connectivity index (χ2v) is 4.08. The summed E-state index contributed by atoms with van der Waals surface area (Å²) >= 11 is 0. The summed E-state index contributed by atoms with van der Waals surface area (Å²) in [6.07, 6.45) is 3.58. The van der Waals surface area contributed by atoms with E-state index in [1.165, 1.54) is 25.9 Å². The van der Waals surface area contributed by atoms with Crippen LogP contribution in [0.4, 0.5) is 0 Å². The Hall–Kier alpha value is -0.570. The maximum atomic E-state index is 7.79. The fourth-order valence-electron chi connectivity index (χ4n) is 2.46. The minimum Gasteiger partial charge on any atom is -0.358 e. The third-order valence-electron chi connectivity index (χ3n) is 3.30. The first-order valence-corrected chi connectivity index (χ1v) is 5.37. The summed E-state index contributed by atoms with van der Waals surface area (Å²) in [5, 5.41) is 7.79. The molecule has 0 spiro atoms. The van der Waals surface area contributed by atoms with Crippen molar-refractivity contribution < 1.29 is 0 Å². The minimum atomic E-state index is 0.751. The van der Waals surface area contributed by atoms with Crippen molar-refractivity contribution in [3.8, 4) is 0 Å². The zero-order valence-electron chi connectivity index (χ0n) is 8.42. The van der Waals surface area contributed by atoms with Crippen molar-refractivity contribution in [1.82, 2.24) is 9.80 Å². The van der Waals surface area contributed by atoms with Gasteiger partial charge in [-0.25, -0.2) is 0 Å². The van der Waals surface area contributed by atoms with Crippen molar-refractivity contribution >= 4 is 5.84 Å². The highest BCUT2D eigenvalue weighted by molar-refractivity contribution is 5.78. The molecule has 2 heterocycles. The molecule has 2 aliphatic heterocycles. The van der Waals surface area contributed by atoms with Gasteiger partial charge in [0.25, 0.3) is 0 Å². The normalized spacial score (nSPS) is 29.0. The molecule has 2 fully saturated rings. The predicted molar refractivity (Wildman–Crippen MR) is 54.2 cm³/mol. The molecule has 13 heavy (non-hydrogen) atoms. The molecule has 1 N–H and O–H groups in total. The van der Waals surface area contributed by atoms with Crippen LogP contribution in [-0.2, 0) is 0 Å². The molecule has 0 unspecified atom stereocenters. The first-order chi connectivity index (χ1) is 6.31. The molecule has 1 atom stereocenters. The molecule has 0 bridgehead atoms. The molecule has 0 radical (unpaired) electrons. The lowest BCUT2D eigenvalue weighted by atomic mass is 10.1. The molecule has 2 aliphatic rings. The molecule has 0 aromatic rings. The van der Waals surface area contributed by atoms with Gasteiger partial charge in [-0.05, 0) is 19.4 Å². The summed E-state index contributed by atoms with van der Waals surface area (Å²) in [7, 11) is 0. The van der Waals surface area contributed by atoms with E-state index in [1.807, 2.05) is 0 Å². The van der Waals surface area contributed by atoms with Crippen LogP contribution < -0.4 is 0 Å². The Morgan fingerprint density at radius 3 is 3.00 bits per heavy atom. The topological polar surface area (TPSA) is 30.3 Å². The Kier molecular flexibility index (Phi) is 2.54. The molecule has 0 aromatic carbocycles. The smallest absolute Gasteiger partial charge is 0.0955 e. The van der Waals surface area contributed by atoms with E-state index < -0.39 is 0 Å². The van der Waals surface area contributed by atoms with Gasteiger partial charge in [0, 0.05) is 32.1 Å². The van der Waals surface area contributed by atoms with Crippen LogP contribution in [0.1, 0.15) is 26.2 Å². The molecule has 0 aromatic heterocycles. The van der Waals surface area contributed by atoms with Gasteiger partial charge in [-0.15, -0.1) is 0 Å². The Balaban J connectivity index is 1.93. The Labute approximate surface area is 80.2 Å². The van der Waals surface area contributed by atoms with Crippen molar-refractivity contribution in [3.63, 3.8) is 0 Å². The lowest BCUT2D eigenvalue weighted by Gasteiger charge is -2.38. The van der Waals surface area contributed by atoms with Gasteiger partial charge in [0.1, 0.15) is 0 Å². The average molecular weight is 181 g/mol. The summed E-state index contributed by atoms with van der Waals surface area (Å²) < 4.78 is 0. The van der Waals surface area contributed by atoms with Crippen molar-refractivity contribution in [2.45, 2.75) is 32.2 Å². The van der Waals surface area contributed by atoms with Gasteiger partial charge < -0.3 is 4.90 Å². The molecule has 0 amide bonds. The molecule has 2 rings (SSSR count). The Morgan fingerprint density at radius 1 is 1.38 bits per heavy atom. The van der Waals surface area contributed by atoms with Crippen molar-refractivity contribution in [2.24, 2.45) is 0 Å². The average Bonchev–Trinajstić information content (AvgIpc) is 2.63. The molecule has 3 heteroatoms. The van der Waals surface area contributed by atoms with E-state index in [0.717, 1.165) is 31.4 Å². The van der Waals surface area contributed by atoms with Crippen LogP contribution in [0, 0.1) is 5.41 Å². The van der Waals surface area contributed by atoms with Gasteiger partial charge in [-0.3, -0.25) is 10.3 Å². The van der Waals surface area contributed by atoms with Gasteiger partial charge in [0.2, 0.25) is 0 Å². The van der Waals surface area contributed by atoms with Crippen molar-refractivity contribution in [1.29, 1.82) is 5.41 Å². The van der Waals surface area contributed by atoms with Gasteiger partial charge >= 0.3 is 0 Å². The lowest BCUT2D eigenvalue weighted by molar-refractivity contribution is 0.150. The zero-order valence-corrected chi connectivity index (χ0v) is 8.42. The quantitative estimate of drug-likeness (QED) is 0.486. The number of piperazine rings is 1. The van der Waals surface area contributed by atoms with Crippen LogP contribution in [0.5, 0.6) is 0 Å². The molecular weight excluding hydrogens is 162 g/mol. The molecule has 3 nitrogen and oxygen atoms in total. The lowest BCUT2D eigenvalue weighted by Crippen LogP contribution is -2.51. The highest BCUT2D eigenvalue weighted by Gasteiger charge is 2.30. The molecule has 2 saturated heterocycles. The van der Waals surface area contributed by atoms with Crippen LogP contribution >= 0.6 is 0 Å². The van der Waals surface area contributed by atoms with Crippen LogP contribution in [0.3, 0.4) is 0 Å². The molecule has 74 valence electrons. The van der Waals surface area contributed by atoms with E-state index in [4.69, 9.17) is 5.41 Å². The Bertz CT molecular complexity index is 202. The van der Waals surface area contributed by atoms with Gasteiger partial charge in [0.05, 0.1) is 5.84 Å². The monoisotopic (exact) mass is 181 g/mol. The van der Waals surface area contributed by atoms with E-state index in [9.17, 15) is 0 Å². The summed E-state index contributed by atoms with van der Waals surface area (Å²) in [5.74, 6) is 0.826. The van der Waals surface area contributed by atoms with E-state index >= 15 is 0 Å². The molecule has 0 saturated carbocycles. The van der Waals surface area contributed by atoms with Crippen LogP contribution in [0.2, 0.25) is 0 Å². The summed E-state index contributed by atoms with van der Waals surface area (Å²) in [6.45, 7) is 6.71. The third-order valence-corrected chi connectivity index (χ3v) is 3.30. The maximum absolute atomic E-state index is 7.79. The van der Waals surface area contributed by atoms with Crippen molar-refractivity contribution in [3.05, 3.63) is 0 Å². The highest BCUT2D eigenvalue weighted by Crippen LogP contribution is 2.21. The number of fused-ring (bicyclic) bond motifs is 1. The summed E-state index contributed by atoms with van der Waals surface area (Å²) in [5.41, 5.74) is 0. The Morgan fingerprint density at radius 2 is 2.23 bits per heavy atom. The van der Waals surface area contributed by atoms with Gasteiger partial charge in [-0.2, -0.15) is 0 Å². The van der Waals surface area contributed by atoms with Crippen LogP contribution in [-0.4, -0.2) is 47.9 Å². The SMILES string of the molecule is CCC(=N)N1CCN2CCC[C@H]2C1. The summed E-state index contributed by atoms with van der Waals surface area (Å²) in [6, 6.07) is 0.751. The third kappa shape index (κ3) is 1.70. The van der Waals surface area contributed by atoms with Gasteiger partial charge in [0.15, 0.2) is 0 Å². The second-order valence-electron chi connectivity index (χ2n) is 4.08. The number of nitrogens with zero attached hydrogens (tertiary/aromatic N) is 2. The fourth-order valence-corrected chi connectivity index (χ4v) is 2.46. The minimum absolute atomic E-state index is 0.751. The number of amidine groups is 1. The van der Waals surface area contributed by atoms with E-state index in [2.05, 4.69) is 16.7 Å². The largest absolute Gasteiger partial charge is 0.358 e. The first-order valence-electron chi connectivity index (χ1n) is 5.37. The van der Waals surface area contributed by atoms with E-state index in [1.54, 1.807) is 0 Å². The van der Waals surface area contributed by atoms with E-state index in [-0.39, 0.29) is 0 Å². The number of hydrogen-bond donors (Lipinski definition) is 1. The molecule has 0 aliphatic carbocycles. The van der Waals surface area contributed by atoms with Gasteiger partial charge in [-0.1, -0.05) is 6.92 Å². The predicted octanol–water partition coefficient (Wildman–Crippen LogP) is 1.15. The van der Waals surface area contributed by atoms with E-state index in [0.29, 0.717) is 0 Å². The standard InChI is InChI=1S/C10H19N3/c1-2-10(11)13-7-6-12-5-3-4-9(12)8-13/h9,11H,2-8H2,1H3/t9-/m0/s1. The summed E-state index contributed by atoms with van der Waals surface area (Å²) in [4.78, 5) is 4.84. The number of hydrogen-bond acceptors (Lipinski definition) is 2.